The number of imide groups is 1. The average molecular weight is 363 g/mol. The molecule has 0 radical (unpaired) electrons. The monoisotopic (exact) mass is 363 g/mol. The number of rotatable bonds is 6. The third kappa shape index (κ3) is 3.61. The molecule has 0 saturated carbocycles. The lowest BCUT2D eigenvalue weighted by atomic mass is 10.00. The van der Waals surface area contributed by atoms with Gasteiger partial charge in [-0.2, -0.15) is 5.10 Å². The fourth-order valence-corrected chi connectivity index (χ4v) is 2.36. The summed E-state index contributed by atoms with van der Waals surface area (Å²) in [5.74, 6) is -0.334. The minimum Gasteiger partial charge on any atom is -0.493 e. The Kier molecular flexibility index (Phi) is 5.49. The largest absolute Gasteiger partial charge is 0.493 e. The molecule has 1 saturated heterocycles. The maximum Gasteiger partial charge on any atom is 0.346 e. The third-order valence-corrected chi connectivity index (χ3v) is 4.00. The summed E-state index contributed by atoms with van der Waals surface area (Å²) in [6, 6.07) is 2.50. The first-order valence-corrected chi connectivity index (χ1v) is 7.90. The zero-order valence-electron chi connectivity index (χ0n) is 15.3. The van der Waals surface area contributed by atoms with Gasteiger partial charge < -0.3 is 19.5 Å². The lowest BCUT2D eigenvalue weighted by Gasteiger charge is -2.17. The maximum atomic E-state index is 12.3. The molecule has 1 atom stereocenters. The van der Waals surface area contributed by atoms with Gasteiger partial charge in [0.15, 0.2) is 11.5 Å². The van der Waals surface area contributed by atoms with Gasteiger partial charge in [0.25, 0.3) is 5.91 Å². The van der Waals surface area contributed by atoms with E-state index in [1.807, 2.05) is 0 Å². The zero-order chi connectivity index (χ0) is 19.5. The van der Waals surface area contributed by atoms with Crippen molar-refractivity contribution in [1.82, 2.24) is 10.3 Å². The van der Waals surface area contributed by atoms with Crippen LogP contribution < -0.4 is 19.5 Å². The molecule has 9 nitrogen and oxygen atoms in total. The molecule has 3 amide bonds. The van der Waals surface area contributed by atoms with Crippen molar-refractivity contribution in [3.05, 3.63) is 17.7 Å². The van der Waals surface area contributed by atoms with Crippen molar-refractivity contribution in [2.24, 2.45) is 5.10 Å². The van der Waals surface area contributed by atoms with E-state index < -0.39 is 23.4 Å². The summed E-state index contributed by atoms with van der Waals surface area (Å²) in [5.41, 5.74) is -0.483. The minimum atomic E-state index is -0.969. The molecule has 0 aromatic heterocycles. The molecule has 1 unspecified atom stereocenters. The van der Waals surface area contributed by atoms with Gasteiger partial charge in [-0.1, -0.05) is 6.92 Å². The van der Waals surface area contributed by atoms with Crippen molar-refractivity contribution in [3.8, 4) is 17.2 Å². The Balaban J connectivity index is 2.35. The van der Waals surface area contributed by atoms with Crippen LogP contribution in [0.2, 0.25) is 0 Å². The van der Waals surface area contributed by atoms with Gasteiger partial charge in [0.2, 0.25) is 5.75 Å². The SMILES string of the molecule is CCC1(C)NC(=O)N(N=Cc2cc(OC)c(OC(C)=O)c(OC)c2)C1=O. The summed E-state index contributed by atoms with van der Waals surface area (Å²) in [6.07, 6.45) is 1.77. The number of benzene rings is 1. The van der Waals surface area contributed by atoms with E-state index in [1.54, 1.807) is 26.0 Å². The molecule has 1 aliphatic heterocycles. The summed E-state index contributed by atoms with van der Waals surface area (Å²) in [5, 5.41) is 7.36. The molecule has 1 aliphatic rings. The van der Waals surface area contributed by atoms with Gasteiger partial charge in [0.05, 0.1) is 20.4 Å². The second-order valence-electron chi connectivity index (χ2n) is 5.83. The first-order valence-electron chi connectivity index (χ1n) is 7.90. The second-order valence-corrected chi connectivity index (χ2v) is 5.83. The standard InChI is InChI=1S/C17H21N3O6/c1-6-17(3)15(22)20(16(23)19-17)18-9-11-7-12(24-4)14(26-10(2)21)13(8-11)25-5/h7-9H,6H2,1-5H3,(H,19,23). The molecule has 1 aromatic carbocycles. The molecule has 1 N–H and O–H groups in total. The van der Waals surface area contributed by atoms with E-state index in [2.05, 4.69) is 10.4 Å². The van der Waals surface area contributed by atoms with Gasteiger partial charge in [-0.3, -0.25) is 9.59 Å². The number of hydrogen-bond donors (Lipinski definition) is 1. The molecule has 1 fully saturated rings. The number of carbonyl (C=O) groups is 3. The predicted molar refractivity (Wildman–Crippen MR) is 92.5 cm³/mol. The minimum absolute atomic E-state index is 0.133. The lowest BCUT2D eigenvalue weighted by Crippen LogP contribution is -2.42. The molecule has 1 heterocycles. The smallest absolute Gasteiger partial charge is 0.346 e. The summed E-state index contributed by atoms with van der Waals surface area (Å²) >= 11 is 0. The Morgan fingerprint density at radius 1 is 1.27 bits per heavy atom. The van der Waals surface area contributed by atoms with Crippen LogP contribution >= 0.6 is 0 Å². The van der Waals surface area contributed by atoms with E-state index >= 15 is 0 Å². The molecule has 0 bridgehead atoms. The normalized spacial score (nSPS) is 19.7. The fourth-order valence-electron chi connectivity index (χ4n) is 2.36. The average Bonchev–Trinajstić information content (AvgIpc) is 2.82. The Morgan fingerprint density at radius 3 is 2.27 bits per heavy atom. The van der Waals surface area contributed by atoms with Crippen LogP contribution in [0, 0.1) is 0 Å². The number of urea groups is 1. The van der Waals surface area contributed by atoms with Crippen LogP contribution in [0.3, 0.4) is 0 Å². The van der Waals surface area contributed by atoms with Crippen molar-refractivity contribution >= 4 is 24.1 Å². The lowest BCUT2D eigenvalue weighted by molar-refractivity contribution is -0.132. The first kappa shape index (κ1) is 19.2. The Hall–Kier alpha value is -3.10. The third-order valence-electron chi connectivity index (χ3n) is 4.00. The first-order chi connectivity index (χ1) is 12.3. The molecule has 26 heavy (non-hydrogen) atoms. The summed E-state index contributed by atoms with van der Waals surface area (Å²) < 4.78 is 15.5. The quantitative estimate of drug-likeness (QED) is 0.357. The Labute approximate surface area is 150 Å². The molecular formula is C17H21N3O6. The van der Waals surface area contributed by atoms with Crippen LogP contribution in [0.15, 0.2) is 17.2 Å². The van der Waals surface area contributed by atoms with E-state index in [9.17, 15) is 14.4 Å². The van der Waals surface area contributed by atoms with Crippen LogP contribution in [-0.2, 0) is 9.59 Å². The van der Waals surface area contributed by atoms with Crippen LogP contribution in [-0.4, -0.2) is 48.9 Å². The van der Waals surface area contributed by atoms with Crippen LogP contribution in [0.25, 0.3) is 0 Å². The highest BCUT2D eigenvalue weighted by Gasteiger charge is 2.46. The molecule has 0 spiro atoms. The molecule has 140 valence electrons. The Morgan fingerprint density at radius 2 is 1.85 bits per heavy atom. The molecule has 0 aliphatic carbocycles. The van der Waals surface area contributed by atoms with E-state index in [0.29, 0.717) is 12.0 Å². The van der Waals surface area contributed by atoms with Crippen molar-refractivity contribution in [1.29, 1.82) is 0 Å². The van der Waals surface area contributed by atoms with E-state index in [0.717, 1.165) is 5.01 Å². The summed E-state index contributed by atoms with van der Waals surface area (Å²) in [7, 11) is 2.82. The number of nitrogens with one attached hydrogen (secondary N) is 1. The number of carbonyl (C=O) groups excluding carboxylic acids is 3. The van der Waals surface area contributed by atoms with Crippen molar-refractivity contribution in [3.63, 3.8) is 0 Å². The Bertz CT molecular complexity index is 751. The summed E-state index contributed by atoms with van der Waals surface area (Å²) in [6.45, 7) is 4.70. The number of esters is 1. The van der Waals surface area contributed by atoms with Gasteiger partial charge >= 0.3 is 12.0 Å². The summed E-state index contributed by atoms with van der Waals surface area (Å²) in [4.78, 5) is 35.6. The van der Waals surface area contributed by atoms with Gasteiger partial charge in [-0.15, -0.1) is 5.01 Å². The van der Waals surface area contributed by atoms with Gasteiger partial charge in [-0.25, -0.2) is 4.79 Å². The molecule has 9 heteroatoms. The van der Waals surface area contributed by atoms with Crippen LogP contribution in [0.1, 0.15) is 32.8 Å². The van der Waals surface area contributed by atoms with Crippen molar-refractivity contribution in [2.75, 3.05) is 14.2 Å². The highest BCUT2D eigenvalue weighted by Crippen LogP contribution is 2.38. The zero-order valence-corrected chi connectivity index (χ0v) is 15.3. The number of methoxy groups -OCH3 is 2. The van der Waals surface area contributed by atoms with Crippen LogP contribution in [0.5, 0.6) is 17.2 Å². The second kappa shape index (κ2) is 7.42. The van der Waals surface area contributed by atoms with Crippen LogP contribution in [0.4, 0.5) is 4.79 Å². The number of ether oxygens (including phenoxy) is 3. The molecule has 1 aromatic rings. The van der Waals surface area contributed by atoms with E-state index in [4.69, 9.17) is 14.2 Å². The van der Waals surface area contributed by atoms with E-state index in [-0.39, 0.29) is 17.2 Å². The van der Waals surface area contributed by atoms with Gasteiger partial charge in [0, 0.05) is 12.5 Å². The van der Waals surface area contributed by atoms with Crippen molar-refractivity contribution < 1.29 is 28.6 Å². The number of hydrazone groups is 1. The number of amides is 3. The number of nitrogens with zero attached hydrogens (tertiary/aromatic N) is 2. The maximum absolute atomic E-state index is 12.3. The number of hydrogen-bond acceptors (Lipinski definition) is 7. The van der Waals surface area contributed by atoms with Gasteiger partial charge in [0.1, 0.15) is 5.54 Å². The highest BCUT2D eigenvalue weighted by atomic mass is 16.6. The topological polar surface area (TPSA) is 107 Å². The molecule has 2 rings (SSSR count). The molecular weight excluding hydrogens is 342 g/mol. The fraction of sp³-hybridized carbons (Fsp3) is 0.412. The van der Waals surface area contributed by atoms with Gasteiger partial charge in [-0.05, 0) is 25.5 Å². The van der Waals surface area contributed by atoms with E-state index in [1.165, 1.54) is 27.4 Å². The van der Waals surface area contributed by atoms with Crippen molar-refractivity contribution in [2.45, 2.75) is 32.7 Å². The predicted octanol–water partition coefficient (Wildman–Crippen LogP) is 1.68. The highest BCUT2D eigenvalue weighted by molar-refractivity contribution is 6.07.